The number of alkyl halides is 3. The second-order valence-corrected chi connectivity index (χ2v) is 5.18. The number of halogens is 3. The van der Waals surface area contributed by atoms with Crippen molar-refractivity contribution in [2.24, 2.45) is 5.92 Å². The fraction of sp³-hybridized carbons (Fsp3) is 0.571. The molecule has 1 atom stereocenters. The molecule has 0 aliphatic heterocycles. The Bertz CT molecular complexity index is 518. The number of aromatic nitrogens is 1. The van der Waals surface area contributed by atoms with Crippen molar-refractivity contribution in [1.29, 1.82) is 0 Å². The van der Waals surface area contributed by atoms with Crippen molar-refractivity contribution >= 4 is 5.91 Å². The zero-order valence-corrected chi connectivity index (χ0v) is 11.8. The van der Waals surface area contributed by atoms with E-state index in [2.05, 4.69) is 15.0 Å². The summed E-state index contributed by atoms with van der Waals surface area (Å²) in [4.78, 5) is 16.0. The van der Waals surface area contributed by atoms with Crippen molar-refractivity contribution in [3.63, 3.8) is 0 Å². The van der Waals surface area contributed by atoms with Crippen LogP contribution in [-0.4, -0.2) is 41.4 Å². The first kappa shape index (κ1) is 16.5. The zero-order chi connectivity index (χ0) is 16.2. The highest BCUT2D eigenvalue weighted by Gasteiger charge is 2.33. The Balaban J connectivity index is 2.05. The molecule has 1 fully saturated rings. The van der Waals surface area contributed by atoms with Crippen molar-refractivity contribution in [1.82, 2.24) is 10.3 Å². The number of pyridine rings is 1. The summed E-state index contributed by atoms with van der Waals surface area (Å²) in [5.74, 6) is -0.502. The van der Waals surface area contributed by atoms with Crippen LogP contribution in [0.4, 0.5) is 13.2 Å². The molecule has 0 aromatic carbocycles. The van der Waals surface area contributed by atoms with Crippen LogP contribution in [-0.2, 0) is 0 Å². The number of aliphatic hydroxyl groups excluding tert-OH is 1. The molecule has 2 N–H and O–H groups in total. The smallest absolute Gasteiger partial charge is 0.422 e. The minimum atomic E-state index is -4.49. The minimum Gasteiger partial charge on any atom is -0.482 e. The molecule has 1 aromatic heterocycles. The van der Waals surface area contributed by atoms with Crippen LogP contribution in [0.25, 0.3) is 0 Å². The summed E-state index contributed by atoms with van der Waals surface area (Å²) in [6, 6.07) is 2.47. The quantitative estimate of drug-likeness (QED) is 0.806. The largest absolute Gasteiger partial charge is 0.482 e. The SMILES string of the molecule is O=C(NC(CCO)C1CC1)c1ncccc1OCC(F)(F)F. The molecule has 5 nitrogen and oxygen atoms in total. The molecule has 1 aliphatic carbocycles. The van der Waals surface area contributed by atoms with Gasteiger partial charge in [0.15, 0.2) is 18.1 Å². The van der Waals surface area contributed by atoms with Gasteiger partial charge in [-0.05, 0) is 37.3 Å². The summed E-state index contributed by atoms with van der Waals surface area (Å²) in [6.45, 7) is -1.55. The standard InChI is InChI=1S/C14H17F3N2O3/c15-14(16,17)8-22-11-2-1-6-18-12(11)13(21)19-10(5-7-20)9-3-4-9/h1-2,6,9-10,20H,3-5,7-8H2,(H,19,21). The van der Waals surface area contributed by atoms with Crippen molar-refractivity contribution in [3.05, 3.63) is 24.0 Å². The predicted octanol–water partition coefficient (Wildman–Crippen LogP) is 1.91. The van der Waals surface area contributed by atoms with E-state index in [-0.39, 0.29) is 24.1 Å². The molecule has 1 amide bonds. The Labute approximate surface area is 125 Å². The first-order valence-corrected chi connectivity index (χ1v) is 6.97. The fourth-order valence-electron chi connectivity index (χ4n) is 2.14. The second-order valence-electron chi connectivity index (χ2n) is 5.18. The molecule has 1 unspecified atom stereocenters. The summed E-state index contributed by atoms with van der Waals surface area (Å²) < 4.78 is 41.3. The van der Waals surface area contributed by atoms with Gasteiger partial charge >= 0.3 is 6.18 Å². The van der Waals surface area contributed by atoms with Crippen LogP contribution in [0.5, 0.6) is 5.75 Å². The number of amides is 1. The summed E-state index contributed by atoms with van der Waals surface area (Å²) >= 11 is 0. The monoisotopic (exact) mass is 318 g/mol. The lowest BCUT2D eigenvalue weighted by Crippen LogP contribution is -2.37. The maximum Gasteiger partial charge on any atom is 0.422 e. The van der Waals surface area contributed by atoms with Gasteiger partial charge in [-0.15, -0.1) is 0 Å². The lowest BCUT2D eigenvalue weighted by atomic mass is 10.1. The van der Waals surface area contributed by atoms with E-state index < -0.39 is 18.7 Å². The Morgan fingerprint density at radius 1 is 1.50 bits per heavy atom. The Morgan fingerprint density at radius 3 is 2.82 bits per heavy atom. The molecule has 0 saturated heterocycles. The third kappa shape index (κ3) is 4.87. The van der Waals surface area contributed by atoms with Crippen molar-refractivity contribution in [2.45, 2.75) is 31.5 Å². The highest BCUT2D eigenvalue weighted by atomic mass is 19.4. The molecule has 0 bridgehead atoms. The van der Waals surface area contributed by atoms with E-state index in [1.54, 1.807) is 0 Å². The lowest BCUT2D eigenvalue weighted by Gasteiger charge is -2.18. The van der Waals surface area contributed by atoms with E-state index in [0.717, 1.165) is 12.8 Å². The lowest BCUT2D eigenvalue weighted by molar-refractivity contribution is -0.153. The molecule has 1 aliphatic rings. The van der Waals surface area contributed by atoms with Gasteiger partial charge in [-0.1, -0.05) is 0 Å². The first-order valence-electron chi connectivity index (χ1n) is 6.97. The van der Waals surface area contributed by atoms with E-state index in [4.69, 9.17) is 5.11 Å². The molecular formula is C14H17F3N2O3. The van der Waals surface area contributed by atoms with Gasteiger partial charge in [0.05, 0.1) is 0 Å². The van der Waals surface area contributed by atoms with E-state index in [0.29, 0.717) is 12.3 Å². The number of ether oxygens (including phenoxy) is 1. The minimum absolute atomic E-state index is 0.0684. The molecular weight excluding hydrogens is 301 g/mol. The van der Waals surface area contributed by atoms with Crippen LogP contribution in [0.2, 0.25) is 0 Å². The number of rotatable bonds is 7. The number of carbonyl (C=O) groups is 1. The van der Waals surface area contributed by atoms with Crippen LogP contribution < -0.4 is 10.1 Å². The number of hydrogen-bond donors (Lipinski definition) is 2. The highest BCUT2D eigenvalue weighted by Crippen LogP contribution is 2.34. The molecule has 0 radical (unpaired) electrons. The highest BCUT2D eigenvalue weighted by molar-refractivity contribution is 5.95. The van der Waals surface area contributed by atoms with Crippen LogP contribution in [0.15, 0.2) is 18.3 Å². The van der Waals surface area contributed by atoms with E-state index in [1.807, 2.05) is 0 Å². The van der Waals surface area contributed by atoms with Crippen molar-refractivity contribution in [3.8, 4) is 5.75 Å². The fourth-order valence-corrected chi connectivity index (χ4v) is 2.14. The normalized spacial score (nSPS) is 16.2. The van der Waals surface area contributed by atoms with Gasteiger partial charge in [0, 0.05) is 18.8 Å². The van der Waals surface area contributed by atoms with Gasteiger partial charge in [0.1, 0.15) is 0 Å². The van der Waals surface area contributed by atoms with Crippen LogP contribution in [0.1, 0.15) is 29.8 Å². The third-order valence-electron chi connectivity index (χ3n) is 3.32. The zero-order valence-electron chi connectivity index (χ0n) is 11.8. The maximum atomic E-state index is 12.2. The Kier molecular flexibility index (Phi) is 5.23. The molecule has 122 valence electrons. The average molecular weight is 318 g/mol. The van der Waals surface area contributed by atoms with Gasteiger partial charge in [0.25, 0.3) is 5.91 Å². The summed E-state index contributed by atoms with van der Waals surface area (Å²) in [5.41, 5.74) is -0.185. The Morgan fingerprint density at radius 2 is 2.23 bits per heavy atom. The summed E-state index contributed by atoms with van der Waals surface area (Å²) in [6.07, 6.45) is -0.846. The summed E-state index contributed by atoms with van der Waals surface area (Å²) in [5, 5.41) is 11.7. The second kappa shape index (κ2) is 6.95. The third-order valence-corrected chi connectivity index (χ3v) is 3.32. The molecule has 1 saturated carbocycles. The number of carbonyl (C=O) groups excluding carboxylic acids is 1. The van der Waals surface area contributed by atoms with Gasteiger partial charge in [0.2, 0.25) is 0 Å². The van der Waals surface area contributed by atoms with E-state index in [9.17, 15) is 18.0 Å². The summed E-state index contributed by atoms with van der Waals surface area (Å²) in [7, 11) is 0. The van der Waals surface area contributed by atoms with Crippen LogP contribution >= 0.6 is 0 Å². The molecule has 22 heavy (non-hydrogen) atoms. The van der Waals surface area contributed by atoms with Crippen LogP contribution in [0.3, 0.4) is 0 Å². The average Bonchev–Trinajstić information content (AvgIpc) is 3.28. The molecule has 1 aromatic rings. The van der Waals surface area contributed by atoms with E-state index >= 15 is 0 Å². The number of nitrogens with zero attached hydrogens (tertiary/aromatic N) is 1. The van der Waals surface area contributed by atoms with Gasteiger partial charge in [-0.2, -0.15) is 13.2 Å². The van der Waals surface area contributed by atoms with Gasteiger partial charge in [-0.25, -0.2) is 4.98 Å². The maximum absolute atomic E-state index is 12.2. The molecule has 8 heteroatoms. The number of aliphatic hydroxyl groups is 1. The van der Waals surface area contributed by atoms with Crippen molar-refractivity contribution < 1.29 is 27.8 Å². The van der Waals surface area contributed by atoms with E-state index in [1.165, 1.54) is 18.3 Å². The van der Waals surface area contributed by atoms with Crippen molar-refractivity contribution in [2.75, 3.05) is 13.2 Å². The molecule has 1 heterocycles. The van der Waals surface area contributed by atoms with Crippen LogP contribution in [0, 0.1) is 5.92 Å². The molecule has 0 spiro atoms. The molecule has 2 rings (SSSR count). The first-order chi connectivity index (χ1) is 10.4. The predicted molar refractivity (Wildman–Crippen MR) is 71.5 cm³/mol. The van der Waals surface area contributed by atoms with Gasteiger partial charge < -0.3 is 15.2 Å². The van der Waals surface area contributed by atoms with Gasteiger partial charge in [-0.3, -0.25) is 4.79 Å². The number of hydrogen-bond acceptors (Lipinski definition) is 4. The number of nitrogens with one attached hydrogen (secondary N) is 1. The Hall–Kier alpha value is -1.83. The topological polar surface area (TPSA) is 71.5 Å².